The summed E-state index contributed by atoms with van der Waals surface area (Å²) in [6.07, 6.45) is 59.6. The van der Waals surface area contributed by atoms with Crippen molar-refractivity contribution in [3.63, 3.8) is 0 Å². The Morgan fingerprint density at radius 3 is 0.724 bits per heavy atom. The number of aliphatic hydroxyl groups is 1. The van der Waals surface area contributed by atoms with E-state index >= 15 is 0 Å². The molecule has 0 heterocycles. The molecule has 0 aliphatic carbocycles. The molecule has 0 bridgehead atoms. The molecule has 0 radical (unpaired) electrons. The predicted octanol–water partition coefficient (Wildman–Crippen LogP) is 23.5. The van der Waals surface area contributed by atoms with Gasteiger partial charge in [-0.2, -0.15) is 0 Å². The van der Waals surface area contributed by atoms with Gasteiger partial charge >= 0.3 is 39.5 Å². The van der Waals surface area contributed by atoms with Gasteiger partial charge in [-0.1, -0.05) is 363 Å². The third-order valence-electron chi connectivity index (χ3n) is 19.2. The Bertz CT molecular complexity index is 1890. The molecule has 0 fully saturated rings. The predicted molar refractivity (Wildman–Crippen MR) is 400 cm³/mol. The van der Waals surface area contributed by atoms with Crippen LogP contribution in [0.1, 0.15) is 414 Å². The van der Waals surface area contributed by atoms with E-state index in [1.165, 1.54) is 218 Å². The molecule has 0 spiro atoms. The zero-order valence-corrected chi connectivity index (χ0v) is 65.9. The number of carbonyl (C=O) groups excluding carboxylic acids is 4. The Morgan fingerprint density at radius 2 is 0.490 bits per heavy atom. The Balaban J connectivity index is 5.19. The van der Waals surface area contributed by atoms with Gasteiger partial charge in [0.05, 0.1) is 26.4 Å². The Kier molecular flexibility index (Phi) is 69.3. The second-order valence-corrected chi connectivity index (χ2v) is 31.8. The number of aliphatic hydroxyl groups excluding tert-OH is 1. The lowest BCUT2D eigenvalue weighted by Crippen LogP contribution is -2.30. The van der Waals surface area contributed by atoms with Gasteiger partial charge in [-0.25, -0.2) is 9.13 Å². The number of ether oxygens (including phenoxy) is 4. The highest BCUT2D eigenvalue weighted by Crippen LogP contribution is 2.45. The summed E-state index contributed by atoms with van der Waals surface area (Å²) >= 11 is 0. The summed E-state index contributed by atoms with van der Waals surface area (Å²) in [5.41, 5.74) is 0. The first-order valence-corrected chi connectivity index (χ1v) is 44.1. The van der Waals surface area contributed by atoms with E-state index in [0.29, 0.717) is 25.7 Å². The quantitative estimate of drug-likeness (QED) is 0.0222. The van der Waals surface area contributed by atoms with Crippen LogP contribution in [0.3, 0.4) is 0 Å². The number of unbranched alkanes of at least 4 members (excludes halogenated alkanes) is 46. The minimum absolute atomic E-state index is 0.108. The van der Waals surface area contributed by atoms with Gasteiger partial charge in [-0.05, 0) is 37.5 Å². The van der Waals surface area contributed by atoms with Crippen molar-refractivity contribution in [2.45, 2.75) is 432 Å². The van der Waals surface area contributed by atoms with Crippen molar-refractivity contribution in [2.75, 3.05) is 39.6 Å². The molecule has 0 saturated heterocycles. The fourth-order valence-corrected chi connectivity index (χ4v) is 13.7. The highest BCUT2D eigenvalue weighted by atomic mass is 31.2. The van der Waals surface area contributed by atoms with Gasteiger partial charge in [-0.15, -0.1) is 0 Å². The summed E-state index contributed by atoms with van der Waals surface area (Å²) in [4.78, 5) is 72.8. The highest BCUT2D eigenvalue weighted by molar-refractivity contribution is 7.47. The summed E-state index contributed by atoms with van der Waals surface area (Å²) in [5.74, 6) is -0.419. The molecule has 98 heavy (non-hydrogen) atoms. The second-order valence-electron chi connectivity index (χ2n) is 28.9. The van der Waals surface area contributed by atoms with Crippen LogP contribution < -0.4 is 0 Å². The van der Waals surface area contributed by atoms with Crippen molar-refractivity contribution in [2.24, 2.45) is 11.8 Å². The lowest BCUT2D eigenvalue weighted by molar-refractivity contribution is -0.161. The van der Waals surface area contributed by atoms with Crippen molar-refractivity contribution >= 4 is 39.5 Å². The van der Waals surface area contributed by atoms with Crippen LogP contribution in [0.4, 0.5) is 0 Å². The van der Waals surface area contributed by atoms with E-state index in [9.17, 15) is 43.2 Å². The van der Waals surface area contributed by atoms with Crippen LogP contribution in [-0.4, -0.2) is 96.7 Å². The van der Waals surface area contributed by atoms with Crippen molar-refractivity contribution in [3.05, 3.63) is 0 Å². The minimum Gasteiger partial charge on any atom is -0.462 e. The number of hydrogen-bond donors (Lipinski definition) is 3. The summed E-state index contributed by atoms with van der Waals surface area (Å²) in [7, 11) is -9.91. The lowest BCUT2D eigenvalue weighted by atomic mass is 9.99. The van der Waals surface area contributed by atoms with E-state index in [1.807, 2.05) is 0 Å². The topological polar surface area (TPSA) is 237 Å². The second kappa shape index (κ2) is 70.7. The van der Waals surface area contributed by atoms with Crippen LogP contribution in [0.25, 0.3) is 0 Å². The van der Waals surface area contributed by atoms with E-state index in [0.717, 1.165) is 115 Å². The maximum absolute atomic E-state index is 13.1. The van der Waals surface area contributed by atoms with Crippen LogP contribution >= 0.6 is 15.6 Å². The third-order valence-corrected chi connectivity index (χ3v) is 21.1. The first-order chi connectivity index (χ1) is 47.4. The molecule has 4 unspecified atom stereocenters. The SMILES string of the molecule is CCCCCCCCCCCCCCCCCC(=O)O[C@H](COC(=O)CCCCCCCCC)COP(=O)(O)OC[C@H](O)COP(=O)(O)OC[C@@H](COC(=O)CCCCCCCCCCCCCCCCC(C)CC)OC(=O)CCCCCCCCCCCCCCCCC(C)CC. The molecule has 0 aromatic rings. The Hall–Kier alpha value is -1.94. The molecule has 0 rings (SSSR count). The first-order valence-electron chi connectivity index (χ1n) is 41.1. The molecule has 3 N–H and O–H groups in total. The van der Waals surface area contributed by atoms with Gasteiger partial charge in [-0.3, -0.25) is 37.3 Å². The highest BCUT2D eigenvalue weighted by Gasteiger charge is 2.30. The molecule has 0 aromatic carbocycles. The molecule has 0 aliphatic rings. The number of rotatable bonds is 78. The normalized spacial score (nSPS) is 14.5. The monoisotopic (exact) mass is 1440 g/mol. The summed E-state index contributed by atoms with van der Waals surface area (Å²) in [6, 6.07) is 0. The van der Waals surface area contributed by atoms with Crippen LogP contribution in [0.15, 0.2) is 0 Å². The molecular formula is C79H154O17P2. The number of hydrogen-bond acceptors (Lipinski definition) is 15. The smallest absolute Gasteiger partial charge is 0.462 e. The maximum atomic E-state index is 13.1. The maximum Gasteiger partial charge on any atom is 0.472 e. The van der Waals surface area contributed by atoms with Gasteiger partial charge in [0.1, 0.15) is 19.3 Å². The lowest BCUT2D eigenvalue weighted by Gasteiger charge is -2.21. The Labute approximate surface area is 600 Å². The minimum atomic E-state index is -4.96. The van der Waals surface area contributed by atoms with Gasteiger partial charge in [0.15, 0.2) is 12.2 Å². The molecular weight excluding hydrogens is 1280 g/mol. The zero-order valence-electron chi connectivity index (χ0n) is 64.1. The average Bonchev–Trinajstić information content (AvgIpc) is 1.08. The summed E-state index contributed by atoms with van der Waals surface area (Å²) in [6.45, 7) is 9.69. The number of phosphoric ester groups is 2. The van der Waals surface area contributed by atoms with Gasteiger partial charge in [0, 0.05) is 25.7 Å². The van der Waals surface area contributed by atoms with Crippen molar-refractivity contribution < 1.29 is 80.2 Å². The zero-order chi connectivity index (χ0) is 72.1. The van der Waals surface area contributed by atoms with Crippen LogP contribution in [0.2, 0.25) is 0 Å². The van der Waals surface area contributed by atoms with Gasteiger partial charge < -0.3 is 33.8 Å². The molecule has 19 heteroatoms. The Morgan fingerprint density at radius 1 is 0.286 bits per heavy atom. The van der Waals surface area contributed by atoms with Gasteiger partial charge in [0.2, 0.25) is 0 Å². The molecule has 7 atom stereocenters. The molecule has 17 nitrogen and oxygen atoms in total. The molecule has 0 aliphatic heterocycles. The van der Waals surface area contributed by atoms with E-state index in [-0.39, 0.29) is 25.7 Å². The fraction of sp³-hybridized carbons (Fsp3) is 0.949. The van der Waals surface area contributed by atoms with Crippen LogP contribution in [0, 0.1) is 11.8 Å². The van der Waals surface area contributed by atoms with E-state index in [1.54, 1.807) is 0 Å². The molecule has 0 aromatic heterocycles. The van der Waals surface area contributed by atoms with E-state index < -0.39 is 97.5 Å². The summed E-state index contributed by atoms with van der Waals surface area (Å²) in [5, 5.41) is 10.6. The van der Waals surface area contributed by atoms with E-state index in [4.69, 9.17) is 37.0 Å². The largest absolute Gasteiger partial charge is 0.472 e. The standard InChI is InChI=1S/C79H154O17P2/c1-7-11-13-15-17-18-19-20-21-29-34-39-45-51-57-63-78(83)95-74(67-89-76(81)61-55-49-41-16-14-12-8-2)69-93-97(85,86)91-65-73(80)66-92-98(87,88)94-70-75(96-79(84)64-58-52-46-40-35-30-25-23-27-32-37-43-48-54-60-72(6)10-4)68-90-77(82)62-56-50-44-38-33-28-24-22-26-31-36-42-47-53-59-71(5)9-3/h71-75,80H,7-70H2,1-6H3,(H,85,86)(H,87,88)/t71?,72?,73-,74+,75+/m0/s1. The van der Waals surface area contributed by atoms with Crippen LogP contribution in [0.5, 0.6) is 0 Å². The molecule has 0 saturated carbocycles. The number of carbonyl (C=O) groups is 4. The first kappa shape index (κ1) is 96.1. The fourth-order valence-electron chi connectivity index (χ4n) is 12.1. The summed E-state index contributed by atoms with van der Waals surface area (Å²) < 4.78 is 68.5. The molecule has 0 amide bonds. The average molecular weight is 1440 g/mol. The van der Waals surface area contributed by atoms with Crippen LogP contribution in [-0.2, 0) is 65.4 Å². The van der Waals surface area contributed by atoms with Crippen molar-refractivity contribution in [1.29, 1.82) is 0 Å². The number of phosphoric acid groups is 2. The van der Waals surface area contributed by atoms with Crippen molar-refractivity contribution in [1.82, 2.24) is 0 Å². The number of esters is 4. The van der Waals surface area contributed by atoms with Gasteiger partial charge in [0.25, 0.3) is 0 Å². The third kappa shape index (κ3) is 69.8. The van der Waals surface area contributed by atoms with Crippen molar-refractivity contribution in [3.8, 4) is 0 Å². The van der Waals surface area contributed by atoms with E-state index in [2.05, 4.69) is 41.5 Å². The molecule has 582 valence electrons.